The third-order valence-electron chi connectivity index (χ3n) is 4.72. The second kappa shape index (κ2) is 11.0. The van der Waals surface area contributed by atoms with E-state index in [9.17, 15) is 13.2 Å². The van der Waals surface area contributed by atoms with E-state index in [-0.39, 0.29) is 23.2 Å². The van der Waals surface area contributed by atoms with Crippen molar-refractivity contribution in [3.63, 3.8) is 0 Å². The number of aromatic nitrogens is 1. The maximum Gasteiger partial charge on any atom is 0.260 e. The molecule has 0 bridgehead atoms. The molecule has 1 heterocycles. The molecule has 2 aromatic carbocycles. The van der Waals surface area contributed by atoms with Crippen molar-refractivity contribution in [2.45, 2.75) is 9.79 Å². The van der Waals surface area contributed by atoms with E-state index in [2.05, 4.69) is 0 Å². The summed E-state index contributed by atoms with van der Waals surface area (Å²) in [5.41, 5.74) is 1.31. The van der Waals surface area contributed by atoms with E-state index in [1.807, 2.05) is 43.5 Å². The molecule has 0 N–H and O–H groups in total. The van der Waals surface area contributed by atoms with Gasteiger partial charge in [-0.3, -0.25) is 9.69 Å². The summed E-state index contributed by atoms with van der Waals surface area (Å²) >= 11 is 3.10. The predicted molar refractivity (Wildman–Crippen MR) is 136 cm³/mol. The van der Waals surface area contributed by atoms with E-state index >= 15 is 0 Å². The van der Waals surface area contributed by atoms with Gasteiger partial charge >= 0.3 is 0 Å². The van der Waals surface area contributed by atoms with E-state index < -0.39 is 10.0 Å². The predicted octanol–water partition coefficient (Wildman–Crippen LogP) is 3.90. The van der Waals surface area contributed by atoms with Gasteiger partial charge in [0, 0.05) is 37.6 Å². The average molecular weight is 515 g/mol. The number of halogens is 1. The molecule has 0 atom stereocenters. The van der Waals surface area contributed by atoms with Gasteiger partial charge in [0.1, 0.15) is 0 Å². The zero-order valence-corrected chi connectivity index (χ0v) is 21.9. The molecule has 1 aromatic heterocycles. The number of para-hydroxylation sites is 1. The molecule has 0 aliphatic rings. The van der Waals surface area contributed by atoms with Gasteiger partial charge in [-0.05, 0) is 56.7 Å². The third-order valence-corrected chi connectivity index (χ3v) is 8.36. The Morgan fingerprint density at radius 2 is 1.69 bits per heavy atom. The summed E-state index contributed by atoms with van der Waals surface area (Å²) in [6.45, 7) is 1.14. The number of hydrogen-bond donors (Lipinski definition) is 0. The SMILES string of the molecule is CSc1cccc2sc(N(CCN(C)C)C(=O)c3ccc(S(=O)(=O)N(C)C)cc3)nc12.Cl. The Hall–Kier alpha value is -1.69. The fourth-order valence-corrected chi connectivity index (χ4v) is 5.46. The standard InChI is InChI=1S/C21H26N4O3S3.ClH/c1-23(2)13-14-25(21-22-19-17(29-5)7-6-8-18(19)30-21)20(26)15-9-11-16(12-10-15)31(27,28)24(3)4;/h6-12H,13-14H2,1-5H3;1H. The molecule has 3 rings (SSSR count). The van der Waals surface area contributed by atoms with Gasteiger partial charge in [0.15, 0.2) is 5.13 Å². The normalized spacial score (nSPS) is 11.7. The van der Waals surface area contributed by atoms with Crippen LogP contribution in [0.3, 0.4) is 0 Å². The van der Waals surface area contributed by atoms with Crippen molar-refractivity contribution >= 4 is 66.8 Å². The molecule has 0 aliphatic carbocycles. The zero-order valence-electron chi connectivity index (χ0n) is 18.6. The summed E-state index contributed by atoms with van der Waals surface area (Å²) in [5.74, 6) is -0.208. The van der Waals surface area contributed by atoms with E-state index in [4.69, 9.17) is 4.98 Å². The van der Waals surface area contributed by atoms with Crippen LogP contribution in [-0.2, 0) is 10.0 Å². The maximum absolute atomic E-state index is 13.4. The number of carbonyl (C=O) groups excluding carboxylic acids is 1. The number of nitrogens with zero attached hydrogens (tertiary/aromatic N) is 4. The minimum absolute atomic E-state index is 0. The molecule has 0 radical (unpaired) electrons. The molecular formula is C21H27ClN4O3S3. The second-order valence-corrected chi connectivity index (χ2v) is 11.4. The van der Waals surface area contributed by atoms with Crippen molar-refractivity contribution in [2.75, 3.05) is 52.4 Å². The van der Waals surface area contributed by atoms with Crippen LogP contribution in [0.4, 0.5) is 5.13 Å². The number of anilines is 1. The Bertz CT molecular complexity index is 1180. The summed E-state index contributed by atoms with van der Waals surface area (Å²) in [5, 5.41) is 0.633. The number of amides is 1. The highest BCUT2D eigenvalue weighted by atomic mass is 35.5. The number of carbonyl (C=O) groups is 1. The van der Waals surface area contributed by atoms with Gasteiger partial charge in [0.05, 0.1) is 15.1 Å². The Morgan fingerprint density at radius 1 is 1.03 bits per heavy atom. The number of thiazole rings is 1. The molecule has 174 valence electrons. The number of rotatable bonds is 8. The Labute approximate surface area is 203 Å². The lowest BCUT2D eigenvalue weighted by Crippen LogP contribution is -2.36. The second-order valence-electron chi connectivity index (χ2n) is 7.38. The van der Waals surface area contributed by atoms with E-state index in [0.29, 0.717) is 23.8 Å². The van der Waals surface area contributed by atoms with Crippen LogP contribution in [0.1, 0.15) is 10.4 Å². The van der Waals surface area contributed by atoms with Gasteiger partial charge in [0.2, 0.25) is 10.0 Å². The van der Waals surface area contributed by atoms with Crippen LogP contribution in [0, 0.1) is 0 Å². The first kappa shape index (κ1) is 26.6. The number of thioether (sulfide) groups is 1. The minimum atomic E-state index is -3.55. The van der Waals surface area contributed by atoms with Gasteiger partial charge in [-0.15, -0.1) is 24.2 Å². The number of sulfonamides is 1. The van der Waals surface area contributed by atoms with Crippen LogP contribution in [0.5, 0.6) is 0 Å². The minimum Gasteiger partial charge on any atom is -0.308 e. The van der Waals surface area contributed by atoms with Crippen LogP contribution >= 0.6 is 35.5 Å². The number of benzene rings is 2. The van der Waals surface area contributed by atoms with E-state index in [0.717, 1.165) is 19.4 Å². The first-order valence-electron chi connectivity index (χ1n) is 9.58. The van der Waals surface area contributed by atoms with Crippen molar-refractivity contribution in [3.05, 3.63) is 48.0 Å². The van der Waals surface area contributed by atoms with E-state index in [1.165, 1.54) is 37.6 Å². The molecule has 0 fully saturated rings. The van der Waals surface area contributed by atoms with Crippen molar-refractivity contribution < 1.29 is 13.2 Å². The van der Waals surface area contributed by atoms with Gasteiger partial charge in [-0.2, -0.15) is 0 Å². The summed E-state index contributed by atoms with van der Waals surface area (Å²) in [6.07, 6.45) is 2.01. The third kappa shape index (κ3) is 5.62. The van der Waals surface area contributed by atoms with Crippen molar-refractivity contribution in [3.8, 4) is 0 Å². The molecule has 32 heavy (non-hydrogen) atoms. The lowest BCUT2D eigenvalue weighted by molar-refractivity contribution is 0.0985. The lowest BCUT2D eigenvalue weighted by atomic mass is 10.2. The average Bonchev–Trinajstić information content (AvgIpc) is 3.17. The Morgan fingerprint density at radius 3 is 2.25 bits per heavy atom. The smallest absolute Gasteiger partial charge is 0.260 e. The van der Waals surface area contributed by atoms with Crippen molar-refractivity contribution in [2.24, 2.45) is 0 Å². The van der Waals surface area contributed by atoms with Gasteiger partial charge in [0.25, 0.3) is 5.91 Å². The Kier molecular flexibility index (Phi) is 9.09. The van der Waals surface area contributed by atoms with Crippen LogP contribution < -0.4 is 4.90 Å². The van der Waals surface area contributed by atoms with Crippen LogP contribution in [-0.4, -0.2) is 76.1 Å². The molecule has 0 unspecified atom stereocenters. The van der Waals surface area contributed by atoms with Gasteiger partial charge in [-0.1, -0.05) is 17.4 Å². The van der Waals surface area contributed by atoms with Crippen LogP contribution in [0.15, 0.2) is 52.3 Å². The molecule has 0 spiro atoms. The topological polar surface area (TPSA) is 73.8 Å². The first-order valence-corrected chi connectivity index (χ1v) is 13.1. The maximum atomic E-state index is 13.4. The summed E-state index contributed by atoms with van der Waals surface area (Å²) in [4.78, 5) is 23.1. The molecule has 1 amide bonds. The van der Waals surface area contributed by atoms with Gasteiger partial charge in [-0.25, -0.2) is 17.7 Å². The summed E-state index contributed by atoms with van der Waals surface area (Å²) in [6, 6.07) is 12.1. The van der Waals surface area contributed by atoms with Crippen LogP contribution in [0.2, 0.25) is 0 Å². The van der Waals surface area contributed by atoms with Gasteiger partial charge < -0.3 is 4.90 Å². The summed E-state index contributed by atoms with van der Waals surface area (Å²) in [7, 11) is 3.31. The fraction of sp³-hybridized carbons (Fsp3) is 0.333. The molecule has 0 saturated carbocycles. The monoisotopic (exact) mass is 514 g/mol. The van der Waals surface area contributed by atoms with Crippen molar-refractivity contribution in [1.29, 1.82) is 0 Å². The lowest BCUT2D eigenvalue weighted by Gasteiger charge is -2.22. The molecular weight excluding hydrogens is 488 g/mol. The highest BCUT2D eigenvalue weighted by Gasteiger charge is 2.23. The molecule has 7 nitrogen and oxygen atoms in total. The molecule has 11 heteroatoms. The fourth-order valence-electron chi connectivity index (χ4n) is 2.91. The zero-order chi connectivity index (χ0) is 22.8. The van der Waals surface area contributed by atoms with Crippen LogP contribution in [0.25, 0.3) is 10.2 Å². The number of fused-ring (bicyclic) bond motifs is 1. The van der Waals surface area contributed by atoms with E-state index in [1.54, 1.807) is 28.8 Å². The van der Waals surface area contributed by atoms with Crippen molar-refractivity contribution in [1.82, 2.24) is 14.2 Å². The molecule has 0 saturated heterocycles. The Balaban J connectivity index is 0.00000363. The first-order chi connectivity index (χ1) is 14.6. The molecule has 3 aromatic rings. The molecule has 0 aliphatic heterocycles. The quantitative estimate of drug-likeness (QED) is 0.424. The summed E-state index contributed by atoms with van der Waals surface area (Å²) < 4.78 is 26.8. The number of likely N-dealkylation sites (N-methyl/N-ethyl adjacent to an activating group) is 1. The largest absolute Gasteiger partial charge is 0.308 e. The highest BCUT2D eigenvalue weighted by molar-refractivity contribution is 7.98. The highest BCUT2D eigenvalue weighted by Crippen LogP contribution is 2.34. The number of hydrogen-bond acceptors (Lipinski definition) is 7.